The molecule has 1 fully saturated rings. The molecule has 5 heteroatoms. The van der Waals surface area contributed by atoms with Crippen LogP contribution in [0.5, 0.6) is 5.75 Å². The number of carbonyl (C=O) groups is 2. The monoisotopic (exact) mass is 462 g/mol. The first-order valence-electron chi connectivity index (χ1n) is 13.0. The molecule has 0 unspecified atom stereocenters. The highest BCUT2D eigenvalue weighted by atomic mass is 16.5. The number of nitrogens with zero attached hydrogens (tertiary/aromatic N) is 2. The largest absolute Gasteiger partial charge is 0.494 e. The van der Waals surface area contributed by atoms with E-state index in [-0.39, 0.29) is 17.7 Å². The lowest BCUT2D eigenvalue weighted by molar-refractivity contribution is -0.131. The maximum absolute atomic E-state index is 13.4. The molecule has 0 bridgehead atoms. The second-order valence-electron chi connectivity index (χ2n) is 9.58. The van der Waals surface area contributed by atoms with Crippen LogP contribution in [0.1, 0.15) is 69.4 Å². The summed E-state index contributed by atoms with van der Waals surface area (Å²) in [5, 5.41) is 0. The van der Waals surface area contributed by atoms with Gasteiger partial charge in [-0.05, 0) is 61.9 Å². The average Bonchev–Trinajstić information content (AvgIpc) is 3.69. The van der Waals surface area contributed by atoms with Crippen LogP contribution in [0, 0.1) is 5.92 Å². The summed E-state index contributed by atoms with van der Waals surface area (Å²) in [6, 6.07) is 16.0. The van der Waals surface area contributed by atoms with Crippen molar-refractivity contribution in [2.75, 3.05) is 24.6 Å². The molecule has 2 aromatic rings. The highest BCUT2D eigenvalue weighted by molar-refractivity contribution is 5.97. The number of hydrogen-bond donors (Lipinski definition) is 0. The van der Waals surface area contributed by atoms with E-state index in [0.29, 0.717) is 19.6 Å². The first-order chi connectivity index (χ1) is 16.7. The Balaban J connectivity index is 1.55. The number of ether oxygens (including phenoxy) is 1. The fourth-order valence-corrected chi connectivity index (χ4v) is 4.74. The van der Waals surface area contributed by atoms with Crippen molar-refractivity contribution >= 4 is 17.5 Å². The van der Waals surface area contributed by atoms with Crippen molar-refractivity contribution < 1.29 is 14.3 Å². The molecule has 34 heavy (non-hydrogen) atoms. The van der Waals surface area contributed by atoms with E-state index in [2.05, 4.69) is 12.1 Å². The van der Waals surface area contributed by atoms with Crippen LogP contribution in [0.4, 0.5) is 5.69 Å². The zero-order chi connectivity index (χ0) is 23.8. The molecule has 0 spiro atoms. The van der Waals surface area contributed by atoms with Crippen LogP contribution >= 0.6 is 0 Å². The van der Waals surface area contributed by atoms with Gasteiger partial charge in [-0.15, -0.1) is 0 Å². The van der Waals surface area contributed by atoms with E-state index in [1.807, 2.05) is 53.1 Å². The highest BCUT2D eigenvalue weighted by Gasteiger charge is 2.34. The summed E-state index contributed by atoms with van der Waals surface area (Å²) in [6.07, 6.45) is 9.09. The first-order valence-corrected chi connectivity index (χ1v) is 13.0. The molecule has 1 saturated carbocycles. The fourth-order valence-electron chi connectivity index (χ4n) is 4.74. The Morgan fingerprint density at radius 2 is 1.56 bits per heavy atom. The van der Waals surface area contributed by atoms with E-state index >= 15 is 0 Å². The summed E-state index contributed by atoms with van der Waals surface area (Å²) in [6.45, 7) is 4.66. The smallest absolute Gasteiger partial charge is 0.230 e. The van der Waals surface area contributed by atoms with Crippen LogP contribution in [0.15, 0.2) is 48.5 Å². The molecule has 182 valence electrons. The Morgan fingerprint density at radius 3 is 2.26 bits per heavy atom. The van der Waals surface area contributed by atoms with E-state index in [1.54, 1.807) is 0 Å². The lowest BCUT2D eigenvalue weighted by Crippen LogP contribution is -2.36. The molecule has 5 nitrogen and oxygen atoms in total. The molecule has 2 amide bonds. The van der Waals surface area contributed by atoms with Gasteiger partial charge in [0, 0.05) is 31.2 Å². The van der Waals surface area contributed by atoms with Gasteiger partial charge in [0.25, 0.3) is 0 Å². The van der Waals surface area contributed by atoms with E-state index in [1.165, 1.54) is 12.8 Å². The molecule has 1 aliphatic heterocycles. The Kier molecular flexibility index (Phi) is 8.62. The first kappa shape index (κ1) is 24.3. The van der Waals surface area contributed by atoms with Crippen LogP contribution < -0.4 is 9.64 Å². The van der Waals surface area contributed by atoms with E-state index in [4.69, 9.17) is 4.74 Å². The molecule has 0 aromatic heterocycles. The third-order valence-corrected chi connectivity index (χ3v) is 6.84. The molecule has 0 saturated heterocycles. The van der Waals surface area contributed by atoms with Gasteiger partial charge in [0.1, 0.15) is 5.75 Å². The standard InChI is InChI=1S/C29H38N2O3/c1-2-34-26-17-13-23(14-18-26)21-28(32)30-19-9-5-3-4-6-10-20-31(29(33)24-15-16-24)27-12-8-7-11-25(27)22-30/h7-8,11-14,17-18,24H,2-6,9-10,15-16,19-22H2,1H3. The summed E-state index contributed by atoms with van der Waals surface area (Å²) in [4.78, 5) is 30.6. The van der Waals surface area contributed by atoms with E-state index in [0.717, 1.165) is 74.2 Å². The Morgan fingerprint density at radius 1 is 0.882 bits per heavy atom. The lowest BCUT2D eigenvalue weighted by atomic mass is 10.1. The van der Waals surface area contributed by atoms with Crippen LogP contribution in [-0.4, -0.2) is 36.4 Å². The summed E-state index contributed by atoms with van der Waals surface area (Å²) < 4.78 is 5.53. The number of para-hydroxylation sites is 1. The Bertz CT molecular complexity index is 952. The summed E-state index contributed by atoms with van der Waals surface area (Å²) in [5.74, 6) is 1.40. The van der Waals surface area contributed by atoms with E-state index in [9.17, 15) is 9.59 Å². The van der Waals surface area contributed by atoms with Crippen LogP contribution in [-0.2, 0) is 22.6 Å². The molecule has 1 heterocycles. The van der Waals surface area contributed by atoms with Crippen molar-refractivity contribution in [3.63, 3.8) is 0 Å². The third-order valence-electron chi connectivity index (χ3n) is 6.84. The van der Waals surface area contributed by atoms with Gasteiger partial charge in [0.15, 0.2) is 0 Å². The van der Waals surface area contributed by atoms with Crippen LogP contribution in [0.2, 0.25) is 0 Å². The predicted molar refractivity (Wildman–Crippen MR) is 136 cm³/mol. The number of rotatable bonds is 5. The fraction of sp³-hybridized carbons (Fsp3) is 0.517. The van der Waals surface area contributed by atoms with Crippen molar-refractivity contribution in [2.45, 2.75) is 71.3 Å². The minimum absolute atomic E-state index is 0.133. The van der Waals surface area contributed by atoms with E-state index < -0.39 is 0 Å². The number of anilines is 1. The highest BCUT2D eigenvalue weighted by Crippen LogP contribution is 2.34. The summed E-state index contributed by atoms with van der Waals surface area (Å²) >= 11 is 0. The maximum atomic E-state index is 13.4. The average molecular weight is 463 g/mol. The zero-order valence-corrected chi connectivity index (χ0v) is 20.5. The third kappa shape index (κ3) is 6.62. The van der Waals surface area contributed by atoms with Gasteiger partial charge in [-0.25, -0.2) is 0 Å². The maximum Gasteiger partial charge on any atom is 0.230 e. The zero-order valence-electron chi connectivity index (χ0n) is 20.5. The molecule has 0 radical (unpaired) electrons. The lowest BCUT2D eigenvalue weighted by Gasteiger charge is -2.28. The summed E-state index contributed by atoms with van der Waals surface area (Å²) in [7, 11) is 0. The van der Waals surface area contributed by atoms with Gasteiger partial charge in [-0.2, -0.15) is 0 Å². The molecule has 4 rings (SSSR count). The van der Waals surface area contributed by atoms with Gasteiger partial charge in [-0.1, -0.05) is 56.0 Å². The topological polar surface area (TPSA) is 49.9 Å². The number of hydrogen-bond acceptors (Lipinski definition) is 3. The van der Waals surface area contributed by atoms with Gasteiger partial charge in [0.05, 0.1) is 13.0 Å². The molecular weight excluding hydrogens is 424 g/mol. The summed E-state index contributed by atoms with van der Waals surface area (Å²) in [5.41, 5.74) is 3.04. The number of amides is 2. The molecule has 0 atom stereocenters. The van der Waals surface area contributed by atoms with Crippen molar-refractivity contribution in [1.82, 2.24) is 4.90 Å². The molecule has 2 aromatic carbocycles. The number of benzene rings is 2. The molecule has 2 aliphatic rings. The normalized spacial score (nSPS) is 17.7. The second kappa shape index (κ2) is 12.0. The molecule has 0 N–H and O–H groups in total. The van der Waals surface area contributed by atoms with Crippen LogP contribution in [0.25, 0.3) is 0 Å². The van der Waals surface area contributed by atoms with Crippen molar-refractivity contribution in [1.29, 1.82) is 0 Å². The van der Waals surface area contributed by atoms with Crippen molar-refractivity contribution in [3.8, 4) is 5.75 Å². The van der Waals surface area contributed by atoms with Crippen molar-refractivity contribution in [3.05, 3.63) is 59.7 Å². The Labute approximate surface area is 204 Å². The Hall–Kier alpha value is -2.82. The molecular formula is C29H38N2O3. The minimum atomic E-state index is 0.133. The molecule has 1 aliphatic carbocycles. The second-order valence-corrected chi connectivity index (χ2v) is 9.58. The van der Waals surface area contributed by atoms with Gasteiger partial charge in [0.2, 0.25) is 11.8 Å². The van der Waals surface area contributed by atoms with Gasteiger partial charge >= 0.3 is 0 Å². The van der Waals surface area contributed by atoms with Crippen LogP contribution in [0.3, 0.4) is 0 Å². The number of fused-ring (bicyclic) bond motifs is 1. The van der Waals surface area contributed by atoms with Gasteiger partial charge < -0.3 is 14.5 Å². The van der Waals surface area contributed by atoms with Gasteiger partial charge in [-0.3, -0.25) is 9.59 Å². The van der Waals surface area contributed by atoms with Crippen molar-refractivity contribution in [2.24, 2.45) is 5.92 Å². The number of carbonyl (C=O) groups excluding carboxylic acids is 2. The minimum Gasteiger partial charge on any atom is -0.494 e. The SMILES string of the molecule is CCOc1ccc(CC(=O)N2CCCCCCCCN(C(=O)C3CC3)c3ccccc3C2)cc1. The quantitative estimate of drug-likeness (QED) is 0.568. The predicted octanol–water partition coefficient (Wildman–Crippen LogP) is 5.75.